The van der Waals surface area contributed by atoms with Gasteiger partial charge in [-0.1, -0.05) is 20.8 Å². The van der Waals surface area contributed by atoms with Gasteiger partial charge in [0.15, 0.2) is 5.67 Å². The summed E-state index contributed by atoms with van der Waals surface area (Å²) in [6.45, 7) is 5.29. The van der Waals surface area contributed by atoms with E-state index in [1.54, 1.807) is 33.0 Å². The highest BCUT2D eigenvalue weighted by Crippen LogP contribution is 2.43. The van der Waals surface area contributed by atoms with Crippen LogP contribution in [0, 0.1) is 5.41 Å². The molecule has 0 fully saturated rings. The average molecular weight is 211 g/mol. The van der Waals surface area contributed by atoms with Crippen LogP contribution in [0.3, 0.4) is 0 Å². The number of halogens is 1. The molecule has 0 bridgehead atoms. The lowest BCUT2D eigenvalue weighted by molar-refractivity contribution is 0.0347. The number of nitrogen functional groups attached to an aromatic ring is 1. The van der Waals surface area contributed by atoms with Crippen LogP contribution in [0.4, 0.5) is 10.1 Å². The molecule has 84 valence electrons. The van der Waals surface area contributed by atoms with Gasteiger partial charge in [0.1, 0.15) is 0 Å². The highest BCUT2D eigenvalue weighted by atomic mass is 19.1. The summed E-state index contributed by atoms with van der Waals surface area (Å²) in [6, 6.07) is 1.59. The fraction of sp³-hybridized carbons (Fsp3) is 0.545. The van der Waals surface area contributed by atoms with E-state index in [0.717, 1.165) is 0 Å². The van der Waals surface area contributed by atoms with Crippen LogP contribution in [0.25, 0.3) is 0 Å². The maximum absolute atomic E-state index is 14.8. The molecule has 0 aromatic carbocycles. The molecule has 3 nitrogen and oxygen atoms in total. The standard InChI is InChI=1S/C11H18FN3/c1-10(2,3)11(12,7-13)8-6-15-5-4-9(8)14/h4-6H,7,13H2,1-3H3,(H2,14,15). The zero-order valence-corrected chi connectivity index (χ0v) is 9.42. The number of anilines is 1. The van der Waals surface area contributed by atoms with Crippen LogP contribution in [-0.2, 0) is 5.67 Å². The third-order valence-electron chi connectivity index (χ3n) is 2.75. The van der Waals surface area contributed by atoms with E-state index in [0.29, 0.717) is 11.3 Å². The molecule has 0 saturated heterocycles. The Morgan fingerprint density at radius 2 is 2.00 bits per heavy atom. The van der Waals surface area contributed by atoms with Crippen LogP contribution in [0.15, 0.2) is 18.5 Å². The van der Waals surface area contributed by atoms with Crippen LogP contribution >= 0.6 is 0 Å². The predicted octanol–water partition coefficient (Wildman–Crippen LogP) is 1.83. The van der Waals surface area contributed by atoms with E-state index in [2.05, 4.69) is 4.98 Å². The molecular formula is C11H18FN3. The first-order valence-electron chi connectivity index (χ1n) is 4.92. The predicted molar refractivity (Wildman–Crippen MR) is 59.9 cm³/mol. The lowest BCUT2D eigenvalue weighted by atomic mass is 9.73. The molecule has 0 radical (unpaired) electrons. The van der Waals surface area contributed by atoms with Crippen LogP contribution in [0.5, 0.6) is 0 Å². The van der Waals surface area contributed by atoms with Crippen molar-refractivity contribution >= 4 is 5.69 Å². The van der Waals surface area contributed by atoms with E-state index >= 15 is 0 Å². The summed E-state index contributed by atoms with van der Waals surface area (Å²) in [4.78, 5) is 3.90. The van der Waals surface area contributed by atoms with Crippen molar-refractivity contribution in [3.63, 3.8) is 0 Å². The van der Waals surface area contributed by atoms with Crippen molar-refractivity contribution in [1.29, 1.82) is 0 Å². The molecule has 15 heavy (non-hydrogen) atoms. The summed E-state index contributed by atoms with van der Waals surface area (Å²) in [5.41, 5.74) is 9.79. The fourth-order valence-electron chi connectivity index (χ4n) is 1.56. The molecule has 0 aliphatic carbocycles. The number of aromatic nitrogens is 1. The average Bonchev–Trinajstić information content (AvgIpc) is 2.15. The van der Waals surface area contributed by atoms with Crippen molar-refractivity contribution < 1.29 is 4.39 Å². The Morgan fingerprint density at radius 1 is 1.40 bits per heavy atom. The lowest BCUT2D eigenvalue weighted by Crippen LogP contribution is -2.43. The molecule has 1 rings (SSSR count). The van der Waals surface area contributed by atoms with Gasteiger partial charge in [0.25, 0.3) is 0 Å². The molecular weight excluding hydrogens is 193 g/mol. The number of alkyl halides is 1. The third kappa shape index (κ3) is 1.95. The number of hydrogen-bond acceptors (Lipinski definition) is 3. The van der Waals surface area contributed by atoms with Crippen molar-refractivity contribution in [2.24, 2.45) is 11.1 Å². The number of nitrogens with zero attached hydrogens (tertiary/aromatic N) is 1. The monoisotopic (exact) mass is 211 g/mol. The summed E-state index contributed by atoms with van der Waals surface area (Å²) in [5, 5.41) is 0. The van der Waals surface area contributed by atoms with Gasteiger partial charge < -0.3 is 11.5 Å². The summed E-state index contributed by atoms with van der Waals surface area (Å²) >= 11 is 0. The second-order valence-corrected chi connectivity index (χ2v) is 4.72. The maximum Gasteiger partial charge on any atom is 0.156 e. The SMILES string of the molecule is CC(C)(C)C(F)(CN)c1cnccc1N. The van der Waals surface area contributed by atoms with Gasteiger partial charge in [-0.05, 0) is 6.07 Å². The summed E-state index contributed by atoms with van der Waals surface area (Å²) in [7, 11) is 0. The van der Waals surface area contributed by atoms with Crippen molar-refractivity contribution in [2.75, 3.05) is 12.3 Å². The highest BCUT2D eigenvalue weighted by molar-refractivity contribution is 5.48. The maximum atomic E-state index is 14.8. The van der Waals surface area contributed by atoms with Gasteiger partial charge in [0, 0.05) is 35.6 Å². The summed E-state index contributed by atoms with van der Waals surface area (Å²) in [5.74, 6) is 0. The van der Waals surface area contributed by atoms with Gasteiger partial charge in [0.05, 0.1) is 0 Å². The second kappa shape index (κ2) is 3.77. The van der Waals surface area contributed by atoms with Gasteiger partial charge >= 0.3 is 0 Å². The quantitative estimate of drug-likeness (QED) is 0.784. The fourth-order valence-corrected chi connectivity index (χ4v) is 1.56. The Balaban J connectivity index is 3.30. The van der Waals surface area contributed by atoms with Gasteiger partial charge in [-0.15, -0.1) is 0 Å². The molecule has 1 heterocycles. The largest absolute Gasteiger partial charge is 0.398 e. The Kier molecular flexibility index (Phi) is 3.00. The van der Waals surface area contributed by atoms with Crippen LogP contribution in [-0.4, -0.2) is 11.5 Å². The molecule has 1 aromatic heterocycles. The van der Waals surface area contributed by atoms with Gasteiger partial charge in [-0.2, -0.15) is 0 Å². The minimum atomic E-state index is -1.65. The van der Waals surface area contributed by atoms with E-state index in [4.69, 9.17) is 11.5 Å². The first kappa shape index (κ1) is 11.9. The molecule has 0 spiro atoms. The summed E-state index contributed by atoms with van der Waals surface area (Å²) in [6.07, 6.45) is 2.99. The molecule has 4 heteroatoms. The Bertz CT molecular complexity index is 346. The van der Waals surface area contributed by atoms with Crippen molar-refractivity contribution in [3.05, 3.63) is 24.0 Å². The normalized spacial score (nSPS) is 16.1. The number of rotatable bonds is 2. The van der Waals surface area contributed by atoms with Gasteiger partial charge in [-0.3, -0.25) is 4.98 Å². The third-order valence-corrected chi connectivity index (χ3v) is 2.75. The smallest absolute Gasteiger partial charge is 0.156 e. The van der Waals surface area contributed by atoms with E-state index in [1.807, 2.05) is 0 Å². The lowest BCUT2D eigenvalue weighted by Gasteiger charge is -2.37. The first-order chi connectivity index (χ1) is 6.83. The molecule has 0 saturated carbocycles. The van der Waals surface area contributed by atoms with E-state index in [-0.39, 0.29) is 6.54 Å². The van der Waals surface area contributed by atoms with E-state index in [1.165, 1.54) is 6.20 Å². The van der Waals surface area contributed by atoms with Crippen LogP contribution in [0.2, 0.25) is 0 Å². The summed E-state index contributed by atoms with van der Waals surface area (Å²) < 4.78 is 14.8. The molecule has 1 unspecified atom stereocenters. The molecule has 0 aliphatic heterocycles. The molecule has 0 aliphatic rings. The minimum Gasteiger partial charge on any atom is -0.398 e. The number of hydrogen-bond donors (Lipinski definition) is 2. The van der Waals surface area contributed by atoms with Crippen LogP contribution in [0.1, 0.15) is 26.3 Å². The molecule has 0 amide bonds. The molecule has 1 aromatic rings. The first-order valence-corrected chi connectivity index (χ1v) is 4.92. The Hall–Kier alpha value is -1.16. The highest BCUT2D eigenvalue weighted by Gasteiger charge is 2.44. The van der Waals surface area contributed by atoms with Crippen molar-refractivity contribution in [2.45, 2.75) is 26.4 Å². The van der Waals surface area contributed by atoms with E-state index < -0.39 is 11.1 Å². The zero-order chi connectivity index (χ0) is 11.7. The molecule has 4 N–H and O–H groups in total. The second-order valence-electron chi connectivity index (χ2n) is 4.72. The zero-order valence-electron chi connectivity index (χ0n) is 9.42. The number of nitrogens with two attached hydrogens (primary N) is 2. The number of pyridine rings is 1. The van der Waals surface area contributed by atoms with Crippen molar-refractivity contribution in [3.8, 4) is 0 Å². The Labute approximate surface area is 89.7 Å². The molecule has 1 atom stereocenters. The topological polar surface area (TPSA) is 64.9 Å². The Morgan fingerprint density at radius 3 is 2.40 bits per heavy atom. The van der Waals surface area contributed by atoms with Gasteiger partial charge in [-0.25, -0.2) is 4.39 Å². The van der Waals surface area contributed by atoms with Gasteiger partial charge in [0.2, 0.25) is 0 Å². The minimum absolute atomic E-state index is 0.105. The van der Waals surface area contributed by atoms with Crippen molar-refractivity contribution in [1.82, 2.24) is 4.98 Å². The van der Waals surface area contributed by atoms with Crippen LogP contribution < -0.4 is 11.5 Å². The van der Waals surface area contributed by atoms with E-state index in [9.17, 15) is 4.39 Å².